The second kappa shape index (κ2) is 7.19. The van der Waals surface area contributed by atoms with E-state index in [1.54, 1.807) is 0 Å². The van der Waals surface area contributed by atoms with Crippen LogP contribution in [-0.2, 0) is 34.4 Å². The summed E-state index contributed by atoms with van der Waals surface area (Å²) in [5, 5.41) is 5.93. The molecule has 0 unspecified atom stereocenters. The van der Waals surface area contributed by atoms with Crippen molar-refractivity contribution in [3.05, 3.63) is 51.4 Å². The van der Waals surface area contributed by atoms with Crippen molar-refractivity contribution >= 4 is 40.1 Å². The Hall–Kier alpha value is -3.20. The Morgan fingerprint density at radius 3 is 2.74 bits per heavy atom. The molecule has 5 amide bonds. The number of nitrogens with one attached hydrogen (secondary N) is 2. The Morgan fingerprint density at radius 1 is 1.16 bits per heavy atom. The number of thiophene rings is 1. The molecule has 0 saturated carbocycles. The third-order valence-electron chi connectivity index (χ3n) is 6.39. The number of aryl methyl sites for hydroxylation is 2. The molecule has 1 atom stereocenters. The molecule has 2 heterocycles. The molecule has 31 heavy (non-hydrogen) atoms. The van der Waals surface area contributed by atoms with E-state index in [1.165, 1.54) is 11.3 Å². The minimum absolute atomic E-state index is 0.353. The number of urea groups is 1. The maximum Gasteiger partial charge on any atom is 0.325 e. The van der Waals surface area contributed by atoms with Gasteiger partial charge in [-0.3, -0.25) is 19.3 Å². The van der Waals surface area contributed by atoms with E-state index in [9.17, 15) is 19.2 Å². The van der Waals surface area contributed by atoms with Crippen molar-refractivity contribution in [2.45, 2.75) is 44.1 Å². The van der Waals surface area contributed by atoms with Crippen molar-refractivity contribution < 1.29 is 19.2 Å². The quantitative estimate of drug-likeness (QED) is 0.633. The minimum atomic E-state index is -1.10. The molecule has 1 aromatic heterocycles. The molecular formula is C22H22N4O4S. The normalized spacial score (nSPS) is 21.7. The predicted molar refractivity (Wildman–Crippen MR) is 115 cm³/mol. The lowest BCUT2D eigenvalue weighted by molar-refractivity contribution is -0.134. The summed E-state index contributed by atoms with van der Waals surface area (Å²) in [7, 11) is 0. The molecule has 5 rings (SSSR count). The van der Waals surface area contributed by atoms with E-state index >= 15 is 0 Å². The highest BCUT2D eigenvalue weighted by atomic mass is 32.1. The molecule has 3 aliphatic rings. The lowest BCUT2D eigenvalue weighted by atomic mass is 9.92. The SMILES string of the molecule is NC(=O)c1c(NC(=O)CN2C(=O)N[C@]3(CCc4ccccc43)C2=O)sc2c1CCCC2. The molecule has 2 aromatic rings. The fraction of sp³-hybridized carbons (Fsp3) is 0.364. The number of anilines is 1. The minimum Gasteiger partial charge on any atom is -0.365 e. The van der Waals surface area contributed by atoms with Crippen LogP contribution in [-0.4, -0.2) is 35.2 Å². The van der Waals surface area contributed by atoms with Gasteiger partial charge in [0.25, 0.3) is 11.8 Å². The largest absolute Gasteiger partial charge is 0.365 e. The molecule has 8 nitrogen and oxygen atoms in total. The number of hydrogen-bond donors (Lipinski definition) is 3. The average Bonchev–Trinajstić information content (AvgIpc) is 3.37. The van der Waals surface area contributed by atoms with Gasteiger partial charge in [0, 0.05) is 4.88 Å². The molecular weight excluding hydrogens is 416 g/mol. The molecule has 1 aromatic carbocycles. The van der Waals surface area contributed by atoms with Gasteiger partial charge in [-0.05, 0) is 55.2 Å². The maximum atomic E-state index is 13.2. The van der Waals surface area contributed by atoms with Gasteiger partial charge in [0.15, 0.2) is 0 Å². The Balaban J connectivity index is 1.36. The van der Waals surface area contributed by atoms with Crippen molar-refractivity contribution in [3.8, 4) is 0 Å². The summed E-state index contributed by atoms with van der Waals surface area (Å²) in [5.41, 5.74) is 7.56. The molecule has 1 fully saturated rings. The van der Waals surface area contributed by atoms with E-state index in [1.807, 2.05) is 24.3 Å². The third kappa shape index (κ3) is 3.03. The molecule has 4 N–H and O–H groups in total. The molecule has 2 aliphatic carbocycles. The number of benzene rings is 1. The zero-order valence-corrected chi connectivity index (χ0v) is 17.6. The number of rotatable bonds is 4. The average molecular weight is 439 g/mol. The third-order valence-corrected chi connectivity index (χ3v) is 7.60. The standard InChI is InChI=1S/C22H22N4O4S/c23-18(28)17-13-6-2-4-8-15(13)31-19(17)24-16(27)11-26-20(29)22(25-21(26)30)10-9-12-5-1-3-7-14(12)22/h1,3,5,7H,2,4,6,8-11H2,(H2,23,28)(H,24,27)(H,25,30)/t22-/m0/s1. The monoisotopic (exact) mass is 438 g/mol. The van der Waals surface area contributed by atoms with Gasteiger partial charge >= 0.3 is 6.03 Å². The fourth-order valence-corrected chi connectivity index (χ4v) is 6.27. The summed E-state index contributed by atoms with van der Waals surface area (Å²) < 4.78 is 0. The van der Waals surface area contributed by atoms with Crippen LogP contribution in [0.2, 0.25) is 0 Å². The summed E-state index contributed by atoms with van der Waals surface area (Å²) >= 11 is 1.35. The molecule has 1 spiro atoms. The first-order valence-electron chi connectivity index (χ1n) is 10.4. The molecule has 0 bridgehead atoms. The van der Waals surface area contributed by atoms with Crippen molar-refractivity contribution in [2.75, 3.05) is 11.9 Å². The van der Waals surface area contributed by atoms with Gasteiger partial charge in [-0.25, -0.2) is 4.79 Å². The highest BCUT2D eigenvalue weighted by molar-refractivity contribution is 7.17. The van der Waals surface area contributed by atoms with Gasteiger partial charge < -0.3 is 16.4 Å². The second-order valence-electron chi connectivity index (χ2n) is 8.21. The zero-order valence-electron chi connectivity index (χ0n) is 16.8. The Bertz CT molecular complexity index is 1140. The van der Waals surface area contributed by atoms with Crippen LogP contribution in [0.15, 0.2) is 24.3 Å². The van der Waals surface area contributed by atoms with Gasteiger partial charge in [0.05, 0.1) is 5.56 Å². The van der Waals surface area contributed by atoms with E-state index in [4.69, 9.17) is 5.73 Å². The summed E-state index contributed by atoms with van der Waals surface area (Å²) in [6, 6.07) is 6.95. The first-order chi connectivity index (χ1) is 14.9. The van der Waals surface area contributed by atoms with Gasteiger partial charge in [-0.2, -0.15) is 0 Å². The molecule has 160 valence electrons. The second-order valence-corrected chi connectivity index (χ2v) is 9.32. The number of carbonyl (C=O) groups excluding carboxylic acids is 4. The van der Waals surface area contributed by atoms with Gasteiger partial charge in [-0.1, -0.05) is 24.3 Å². The number of carbonyl (C=O) groups is 4. The fourth-order valence-electron chi connectivity index (χ4n) is 4.96. The lowest BCUT2D eigenvalue weighted by Crippen LogP contribution is -2.43. The number of amides is 5. The summed E-state index contributed by atoms with van der Waals surface area (Å²) in [6.07, 6.45) is 4.78. The highest BCUT2D eigenvalue weighted by Gasteiger charge is 2.55. The van der Waals surface area contributed by atoms with Crippen molar-refractivity contribution in [1.82, 2.24) is 10.2 Å². The lowest BCUT2D eigenvalue weighted by Gasteiger charge is -2.22. The topological polar surface area (TPSA) is 122 Å². The first kappa shape index (κ1) is 19.7. The molecule has 9 heteroatoms. The summed E-state index contributed by atoms with van der Waals surface area (Å²) in [4.78, 5) is 52.6. The van der Waals surface area contributed by atoms with Crippen LogP contribution in [0.25, 0.3) is 0 Å². The number of nitrogens with zero attached hydrogens (tertiary/aromatic N) is 1. The van der Waals surface area contributed by atoms with Crippen molar-refractivity contribution in [1.29, 1.82) is 0 Å². The summed E-state index contributed by atoms with van der Waals surface area (Å²) in [5.74, 6) is -1.53. The van der Waals surface area contributed by atoms with E-state index < -0.39 is 35.8 Å². The van der Waals surface area contributed by atoms with Crippen LogP contribution in [0.1, 0.15) is 51.2 Å². The van der Waals surface area contributed by atoms with Crippen LogP contribution in [0.3, 0.4) is 0 Å². The Kier molecular flexibility index (Phi) is 4.58. The van der Waals surface area contributed by atoms with E-state index in [-0.39, 0.29) is 0 Å². The Labute approximate surface area is 182 Å². The van der Waals surface area contributed by atoms with Crippen LogP contribution < -0.4 is 16.4 Å². The van der Waals surface area contributed by atoms with E-state index in [0.29, 0.717) is 23.4 Å². The number of fused-ring (bicyclic) bond motifs is 3. The Morgan fingerprint density at radius 2 is 1.94 bits per heavy atom. The van der Waals surface area contributed by atoms with Gasteiger partial charge in [0.2, 0.25) is 5.91 Å². The molecule has 0 radical (unpaired) electrons. The van der Waals surface area contributed by atoms with Crippen LogP contribution >= 0.6 is 11.3 Å². The van der Waals surface area contributed by atoms with Gasteiger partial charge in [0.1, 0.15) is 17.1 Å². The van der Waals surface area contributed by atoms with Crippen LogP contribution in [0.4, 0.5) is 9.80 Å². The zero-order chi connectivity index (χ0) is 21.8. The van der Waals surface area contributed by atoms with Crippen molar-refractivity contribution in [3.63, 3.8) is 0 Å². The highest BCUT2D eigenvalue weighted by Crippen LogP contribution is 2.41. The van der Waals surface area contributed by atoms with Crippen LogP contribution in [0.5, 0.6) is 0 Å². The number of primary amides is 1. The molecule has 1 saturated heterocycles. The molecule has 1 aliphatic heterocycles. The maximum absolute atomic E-state index is 13.2. The number of imide groups is 1. The first-order valence-corrected chi connectivity index (χ1v) is 11.2. The number of nitrogens with two attached hydrogens (primary N) is 1. The number of hydrogen-bond acceptors (Lipinski definition) is 5. The van der Waals surface area contributed by atoms with E-state index in [2.05, 4.69) is 10.6 Å². The predicted octanol–water partition coefficient (Wildman–Crippen LogP) is 2.06. The van der Waals surface area contributed by atoms with E-state index in [0.717, 1.165) is 52.2 Å². The van der Waals surface area contributed by atoms with Crippen LogP contribution in [0, 0.1) is 0 Å². The summed E-state index contributed by atoms with van der Waals surface area (Å²) in [6.45, 7) is -0.421. The van der Waals surface area contributed by atoms with Gasteiger partial charge in [-0.15, -0.1) is 11.3 Å². The smallest absolute Gasteiger partial charge is 0.325 e. The van der Waals surface area contributed by atoms with Crippen molar-refractivity contribution in [2.24, 2.45) is 5.73 Å².